The second-order valence-electron chi connectivity index (χ2n) is 7.79. The third-order valence-electron chi connectivity index (χ3n) is 5.40. The molecule has 33 heavy (non-hydrogen) atoms. The monoisotopic (exact) mass is 482 g/mol. The van der Waals surface area contributed by atoms with Crippen LogP contribution >= 0.6 is 23.1 Å². The summed E-state index contributed by atoms with van der Waals surface area (Å²) in [6, 6.07) is 15.9. The van der Waals surface area contributed by atoms with Crippen molar-refractivity contribution >= 4 is 33.5 Å². The molecule has 2 heterocycles. The second-order valence-corrected chi connectivity index (χ2v) is 9.71. The maximum absolute atomic E-state index is 11.7. The lowest BCUT2D eigenvalue weighted by atomic mass is 10.0. The van der Waals surface area contributed by atoms with Gasteiger partial charge in [-0.05, 0) is 48.9 Å². The van der Waals surface area contributed by atoms with E-state index in [4.69, 9.17) is 14.5 Å². The van der Waals surface area contributed by atoms with E-state index in [1.807, 2.05) is 29.6 Å². The first kappa shape index (κ1) is 23.3. The SMILES string of the molecule is COc1cc(CCCC2NC(=O)SC2=O)ccc1OCc1csc(CCc2ccccc2)n1. The van der Waals surface area contributed by atoms with Gasteiger partial charge in [0.1, 0.15) is 6.61 Å². The van der Waals surface area contributed by atoms with Crippen LogP contribution in [0.2, 0.25) is 0 Å². The van der Waals surface area contributed by atoms with Gasteiger partial charge in [-0.25, -0.2) is 4.98 Å². The van der Waals surface area contributed by atoms with E-state index in [1.54, 1.807) is 18.4 Å². The minimum atomic E-state index is -0.373. The van der Waals surface area contributed by atoms with Crippen LogP contribution in [0.15, 0.2) is 53.9 Å². The molecule has 1 unspecified atom stereocenters. The van der Waals surface area contributed by atoms with E-state index in [0.717, 1.165) is 53.7 Å². The molecule has 0 spiro atoms. The van der Waals surface area contributed by atoms with Crippen LogP contribution in [0, 0.1) is 0 Å². The molecule has 1 fully saturated rings. The molecule has 0 bridgehead atoms. The Bertz CT molecular complexity index is 1100. The van der Waals surface area contributed by atoms with Gasteiger partial charge >= 0.3 is 0 Å². The molecule has 6 nitrogen and oxygen atoms in total. The third kappa shape index (κ3) is 6.58. The van der Waals surface area contributed by atoms with Crippen LogP contribution in [0.25, 0.3) is 0 Å². The van der Waals surface area contributed by atoms with Gasteiger partial charge < -0.3 is 14.8 Å². The molecular formula is C25H26N2O4S2. The van der Waals surface area contributed by atoms with Crippen molar-refractivity contribution in [3.05, 3.63) is 75.7 Å². The highest BCUT2D eigenvalue weighted by Gasteiger charge is 2.30. The number of thiazole rings is 1. The van der Waals surface area contributed by atoms with Crippen LogP contribution < -0.4 is 14.8 Å². The third-order valence-corrected chi connectivity index (χ3v) is 7.15. The highest BCUT2D eigenvalue weighted by Crippen LogP contribution is 2.30. The minimum Gasteiger partial charge on any atom is -0.493 e. The quantitative estimate of drug-likeness (QED) is 0.405. The molecule has 4 rings (SSSR count). The van der Waals surface area contributed by atoms with Gasteiger partial charge in [-0.1, -0.05) is 36.4 Å². The highest BCUT2D eigenvalue weighted by molar-refractivity contribution is 8.26. The van der Waals surface area contributed by atoms with Gasteiger partial charge in [0.15, 0.2) is 11.5 Å². The summed E-state index contributed by atoms with van der Waals surface area (Å²) < 4.78 is 11.5. The van der Waals surface area contributed by atoms with Crippen molar-refractivity contribution in [3.63, 3.8) is 0 Å². The maximum Gasteiger partial charge on any atom is 0.287 e. The molecule has 0 radical (unpaired) electrons. The molecule has 2 aromatic carbocycles. The predicted octanol–water partition coefficient (Wildman–Crippen LogP) is 5.19. The van der Waals surface area contributed by atoms with Gasteiger partial charge in [-0.2, -0.15) is 0 Å². The number of aromatic nitrogens is 1. The van der Waals surface area contributed by atoms with Crippen molar-refractivity contribution in [2.24, 2.45) is 0 Å². The summed E-state index contributed by atoms with van der Waals surface area (Å²) in [6.07, 6.45) is 4.11. The average Bonchev–Trinajstić information content (AvgIpc) is 3.42. The largest absolute Gasteiger partial charge is 0.493 e. The standard InChI is InChI=1S/C25H26N2O4S2/c1-30-22-14-18(8-5-9-20-24(28)33-25(29)27-20)10-12-21(22)31-15-19-16-32-23(26-19)13-11-17-6-3-2-4-7-17/h2-4,6-7,10,12,14,16,20H,5,8-9,11,13,15H2,1H3,(H,27,29). The molecule has 172 valence electrons. The molecule has 1 amide bonds. The Morgan fingerprint density at radius 2 is 1.85 bits per heavy atom. The van der Waals surface area contributed by atoms with Crippen molar-refractivity contribution in [2.45, 2.75) is 44.8 Å². The molecule has 1 aliphatic heterocycles. The number of thioether (sulfide) groups is 1. The van der Waals surface area contributed by atoms with Crippen molar-refractivity contribution in [3.8, 4) is 11.5 Å². The number of methoxy groups -OCH3 is 1. The minimum absolute atomic E-state index is 0.0911. The number of aryl methyl sites for hydroxylation is 3. The van der Waals surface area contributed by atoms with E-state index in [0.29, 0.717) is 24.5 Å². The fourth-order valence-electron chi connectivity index (χ4n) is 3.66. The predicted molar refractivity (Wildman–Crippen MR) is 131 cm³/mol. The highest BCUT2D eigenvalue weighted by atomic mass is 32.2. The lowest BCUT2D eigenvalue weighted by Gasteiger charge is -2.12. The summed E-state index contributed by atoms with van der Waals surface area (Å²) in [4.78, 5) is 27.7. The van der Waals surface area contributed by atoms with E-state index in [2.05, 4.69) is 29.6 Å². The Morgan fingerprint density at radius 1 is 1.00 bits per heavy atom. The van der Waals surface area contributed by atoms with E-state index < -0.39 is 0 Å². The zero-order chi connectivity index (χ0) is 23.0. The molecular weight excluding hydrogens is 456 g/mol. The van der Waals surface area contributed by atoms with Gasteiger partial charge in [0.25, 0.3) is 5.24 Å². The van der Waals surface area contributed by atoms with Crippen molar-refractivity contribution in [1.29, 1.82) is 0 Å². The molecule has 1 aromatic heterocycles. The number of hydrogen-bond donors (Lipinski definition) is 1. The van der Waals surface area contributed by atoms with E-state index in [9.17, 15) is 9.59 Å². The molecule has 0 aliphatic carbocycles. The Kier molecular flexibility index (Phi) is 8.01. The summed E-state index contributed by atoms with van der Waals surface area (Å²) >= 11 is 2.42. The first-order valence-corrected chi connectivity index (χ1v) is 12.6. The summed E-state index contributed by atoms with van der Waals surface area (Å²) in [7, 11) is 1.63. The van der Waals surface area contributed by atoms with Gasteiger partial charge in [0.05, 0.1) is 23.9 Å². The number of carbonyl (C=O) groups is 2. The van der Waals surface area contributed by atoms with Gasteiger partial charge in [0, 0.05) is 23.6 Å². The first-order valence-electron chi connectivity index (χ1n) is 10.9. The normalized spacial score (nSPS) is 15.5. The molecule has 3 aromatic rings. The topological polar surface area (TPSA) is 77.5 Å². The number of nitrogens with zero attached hydrogens (tertiary/aromatic N) is 1. The summed E-state index contributed by atoms with van der Waals surface area (Å²) in [5.74, 6) is 1.35. The van der Waals surface area contributed by atoms with Crippen molar-refractivity contribution in [2.75, 3.05) is 7.11 Å². The number of carbonyl (C=O) groups excluding carboxylic acids is 2. The second kappa shape index (κ2) is 11.3. The Labute approximate surface area is 201 Å². The van der Waals surface area contributed by atoms with E-state index in [1.165, 1.54) is 5.56 Å². The first-order chi connectivity index (χ1) is 16.1. The van der Waals surface area contributed by atoms with Crippen LogP contribution in [0.3, 0.4) is 0 Å². The Balaban J connectivity index is 1.26. The van der Waals surface area contributed by atoms with Crippen LogP contribution in [-0.2, 0) is 30.7 Å². The van der Waals surface area contributed by atoms with E-state index in [-0.39, 0.29) is 16.4 Å². The zero-order valence-electron chi connectivity index (χ0n) is 18.4. The molecule has 1 aliphatic rings. The average molecular weight is 483 g/mol. The number of amides is 1. The molecule has 1 saturated heterocycles. The van der Waals surface area contributed by atoms with Gasteiger partial charge in [-0.3, -0.25) is 9.59 Å². The molecule has 8 heteroatoms. The maximum atomic E-state index is 11.7. The zero-order valence-corrected chi connectivity index (χ0v) is 20.0. The summed E-state index contributed by atoms with van der Waals surface area (Å²) in [6.45, 7) is 0.388. The van der Waals surface area contributed by atoms with Crippen molar-refractivity contribution < 1.29 is 19.1 Å². The number of ether oxygens (including phenoxy) is 2. The lowest BCUT2D eigenvalue weighted by Crippen LogP contribution is -2.28. The number of rotatable bonds is 11. The Hall–Kier alpha value is -2.84. The summed E-state index contributed by atoms with van der Waals surface area (Å²) in [5, 5.41) is 5.50. The van der Waals surface area contributed by atoms with E-state index >= 15 is 0 Å². The van der Waals surface area contributed by atoms with Gasteiger partial charge in [-0.15, -0.1) is 11.3 Å². The lowest BCUT2D eigenvalue weighted by molar-refractivity contribution is -0.112. The van der Waals surface area contributed by atoms with Crippen LogP contribution in [0.5, 0.6) is 11.5 Å². The van der Waals surface area contributed by atoms with Crippen LogP contribution in [-0.4, -0.2) is 28.5 Å². The fraction of sp³-hybridized carbons (Fsp3) is 0.320. The van der Waals surface area contributed by atoms with Crippen molar-refractivity contribution in [1.82, 2.24) is 10.3 Å². The number of nitrogens with one attached hydrogen (secondary N) is 1. The number of benzene rings is 2. The summed E-state index contributed by atoms with van der Waals surface area (Å²) in [5.41, 5.74) is 3.32. The fourth-order valence-corrected chi connectivity index (χ4v) is 5.14. The molecule has 0 saturated carbocycles. The number of hydrogen-bond acceptors (Lipinski definition) is 7. The van der Waals surface area contributed by atoms with Crippen LogP contribution in [0.1, 0.15) is 34.7 Å². The Morgan fingerprint density at radius 3 is 2.61 bits per heavy atom. The van der Waals surface area contributed by atoms with Gasteiger partial charge in [0.2, 0.25) is 5.12 Å². The smallest absolute Gasteiger partial charge is 0.287 e. The van der Waals surface area contributed by atoms with Crippen LogP contribution in [0.4, 0.5) is 4.79 Å². The molecule has 1 atom stereocenters. The molecule has 1 N–H and O–H groups in total.